The molecule has 1 saturated carbocycles. The summed E-state index contributed by atoms with van der Waals surface area (Å²) in [6.07, 6.45) is 4.85. The third-order valence-electron chi connectivity index (χ3n) is 5.43. The first kappa shape index (κ1) is 19.1. The predicted molar refractivity (Wildman–Crippen MR) is 116 cm³/mol. The van der Waals surface area contributed by atoms with E-state index in [1.165, 1.54) is 0 Å². The number of halogens is 1. The number of thiocarbonyl (C=S) groups is 1. The van der Waals surface area contributed by atoms with Gasteiger partial charge in [-0.15, -0.1) is 0 Å². The molecule has 0 unspecified atom stereocenters. The van der Waals surface area contributed by atoms with E-state index in [1.54, 1.807) is 36.3 Å². The van der Waals surface area contributed by atoms with Crippen LogP contribution in [0.1, 0.15) is 48.0 Å². The zero-order chi connectivity index (χ0) is 19.7. The lowest BCUT2D eigenvalue weighted by Crippen LogP contribution is -2.50. The van der Waals surface area contributed by atoms with Crippen LogP contribution in [0.15, 0.2) is 53.5 Å². The van der Waals surface area contributed by atoms with E-state index in [2.05, 4.69) is 0 Å². The minimum atomic E-state index is -0.593. The van der Waals surface area contributed by atoms with Gasteiger partial charge in [0.25, 0.3) is 5.91 Å². The van der Waals surface area contributed by atoms with Crippen LogP contribution in [0.4, 0.5) is 0 Å². The Morgan fingerprint density at radius 1 is 1.14 bits per heavy atom. The van der Waals surface area contributed by atoms with Gasteiger partial charge in [-0.2, -0.15) is 0 Å². The number of carbonyl (C=O) groups excluding carboxylic acids is 1. The number of amides is 1. The first-order valence-electron chi connectivity index (χ1n) is 9.43. The van der Waals surface area contributed by atoms with Crippen molar-refractivity contribution in [3.05, 3.63) is 64.7 Å². The van der Waals surface area contributed by atoms with Crippen LogP contribution in [-0.2, 0) is 0 Å². The Bertz CT molecular complexity index is 949. The topological polar surface area (TPSA) is 41.9 Å². The molecule has 2 aromatic carbocycles. The normalized spacial score (nSPS) is 18.3. The number of aliphatic imine (C=N–C) groups is 1. The van der Waals surface area contributed by atoms with E-state index in [1.807, 2.05) is 24.3 Å². The summed E-state index contributed by atoms with van der Waals surface area (Å²) in [5, 5.41) is 0.532. The zero-order valence-corrected chi connectivity index (χ0v) is 17.2. The molecule has 1 aliphatic heterocycles. The predicted octanol–water partition coefficient (Wildman–Crippen LogP) is 5.28. The van der Waals surface area contributed by atoms with Crippen molar-refractivity contribution < 1.29 is 9.53 Å². The molecule has 0 saturated heterocycles. The molecule has 1 aliphatic carbocycles. The average molecular weight is 413 g/mol. The Hall–Kier alpha value is -2.24. The molecular weight excluding hydrogens is 392 g/mol. The number of benzene rings is 2. The highest BCUT2D eigenvalue weighted by atomic mass is 35.5. The van der Waals surface area contributed by atoms with Gasteiger partial charge < -0.3 is 4.74 Å². The van der Waals surface area contributed by atoms with Gasteiger partial charge in [0, 0.05) is 16.1 Å². The Labute approximate surface area is 175 Å². The second kappa shape index (κ2) is 7.64. The molecule has 1 amide bonds. The number of ether oxygens (including phenoxy) is 1. The molecule has 0 radical (unpaired) electrons. The van der Waals surface area contributed by atoms with Gasteiger partial charge in [0.2, 0.25) is 0 Å². The summed E-state index contributed by atoms with van der Waals surface area (Å²) in [5.74, 6) is 0.633. The van der Waals surface area contributed by atoms with Crippen molar-refractivity contribution >= 4 is 40.4 Å². The second-order valence-electron chi connectivity index (χ2n) is 7.19. The molecule has 1 spiro atoms. The molecule has 1 fully saturated rings. The summed E-state index contributed by atoms with van der Waals surface area (Å²) in [4.78, 5) is 20.7. The van der Waals surface area contributed by atoms with Gasteiger partial charge in [-0.05, 0) is 68.1 Å². The zero-order valence-electron chi connectivity index (χ0n) is 15.7. The highest BCUT2D eigenvalue weighted by molar-refractivity contribution is 7.82. The summed E-state index contributed by atoms with van der Waals surface area (Å²) in [6, 6.07) is 14.7. The second-order valence-corrected chi connectivity index (χ2v) is 8.01. The summed E-state index contributed by atoms with van der Waals surface area (Å²) in [7, 11) is 1.63. The maximum absolute atomic E-state index is 13.4. The van der Waals surface area contributed by atoms with Crippen molar-refractivity contribution in [1.82, 2.24) is 4.90 Å². The fourth-order valence-electron chi connectivity index (χ4n) is 4.02. The quantitative estimate of drug-likeness (QED) is 0.644. The van der Waals surface area contributed by atoms with E-state index >= 15 is 0 Å². The van der Waals surface area contributed by atoms with Crippen LogP contribution in [0.3, 0.4) is 0 Å². The van der Waals surface area contributed by atoms with Gasteiger partial charge in [-0.25, -0.2) is 0 Å². The molecule has 6 heteroatoms. The molecule has 0 N–H and O–H groups in total. The van der Waals surface area contributed by atoms with E-state index in [0.717, 1.165) is 43.4 Å². The Morgan fingerprint density at radius 2 is 1.86 bits per heavy atom. The Kier molecular flexibility index (Phi) is 5.21. The van der Waals surface area contributed by atoms with Crippen LogP contribution in [-0.4, -0.2) is 34.3 Å². The summed E-state index contributed by atoms with van der Waals surface area (Å²) in [6.45, 7) is 0. The Morgan fingerprint density at radius 3 is 2.50 bits per heavy atom. The van der Waals surface area contributed by atoms with Gasteiger partial charge in [-0.3, -0.25) is 14.7 Å². The van der Waals surface area contributed by atoms with E-state index in [0.29, 0.717) is 21.3 Å². The number of hydrogen-bond acceptors (Lipinski definition) is 4. The van der Waals surface area contributed by atoms with Gasteiger partial charge in [0.05, 0.1) is 7.11 Å². The lowest BCUT2D eigenvalue weighted by atomic mass is 9.88. The number of carbonyl (C=O) groups is 1. The van der Waals surface area contributed by atoms with Gasteiger partial charge >= 0.3 is 0 Å². The molecule has 4 rings (SSSR count). The summed E-state index contributed by atoms with van der Waals surface area (Å²) in [5.41, 5.74) is 1.54. The molecule has 1 heterocycles. The third kappa shape index (κ3) is 3.33. The molecule has 2 aliphatic rings. The fourth-order valence-corrected chi connectivity index (χ4v) is 4.63. The first-order valence-corrected chi connectivity index (χ1v) is 10.2. The molecule has 144 valence electrons. The molecule has 4 nitrogen and oxygen atoms in total. The molecule has 2 aromatic rings. The van der Waals surface area contributed by atoms with Crippen LogP contribution in [0.5, 0.6) is 5.75 Å². The monoisotopic (exact) mass is 412 g/mol. The van der Waals surface area contributed by atoms with E-state index < -0.39 is 5.66 Å². The van der Waals surface area contributed by atoms with Crippen molar-refractivity contribution in [2.45, 2.75) is 37.8 Å². The highest BCUT2D eigenvalue weighted by Gasteiger charge is 2.48. The van der Waals surface area contributed by atoms with E-state index in [4.69, 9.17) is 33.5 Å². The van der Waals surface area contributed by atoms with Gasteiger partial charge in [-0.1, -0.05) is 36.3 Å². The van der Waals surface area contributed by atoms with Crippen molar-refractivity contribution in [3.8, 4) is 5.75 Å². The summed E-state index contributed by atoms with van der Waals surface area (Å²) < 4.78 is 5.25. The lowest BCUT2D eigenvalue weighted by Gasteiger charge is -2.38. The third-order valence-corrected chi connectivity index (χ3v) is 6.05. The highest BCUT2D eigenvalue weighted by Crippen LogP contribution is 2.41. The standard InChI is InChI=1S/C22H21ClN2O2S/c1-27-18-10-8-15(9-11-18)19-21(28)25(22(24-19)12-3-2-4-13-22)20(26)16-6-5-7-17(23)14-16/h5-11,14H,2-4,12-13H2,1H3. The van der Waals surface area contributed by atoms with Crippen molar-refractivity contribution in [2.24, 2.45) is 4.99 Å². The maximum atomic E-state index is 13.4. The lowest BCUT2D eigenvalue weighted by molar-refractivity contribution is 0.0648. The fraction of sp³-hybridized carbons (Fsp3) is 0.318. The summed E-state index contributed by atoms with van der Waals surface area (Å²) >= 11 is 11.9. The minimum Gasteiger partial charge on any atom is -0.497 e. The number of methoxy groups -OCH3 is 1. The minimum absolute atomic E-state index is 0.137. The van der Waals surface area contributed by atoms with Crippen molar-refractivity contribution in [1.29, 1.82) is 0 Å². The number of rotatable bonds is 3. The Balaban J connectivity index is 1.75. The number of nitrogens with zero attached hydrogens (tertiary/aromatic N) is 2. The van der Waals surface area contributed by atoms with Crippen LogP contribution in [0, 0.1) is 0 Å². The van der Waals surface area contributed by atoms with Crippen LogP contribution < -0.4 is 4.74 Å². The molecule has 0 atom stereocenters. The van der Waals surface area contributed by atoms with Crippen LogP contribution in [0.25, 0.3) is 0 Å². The molecule has 28 heavy (non-hydrogen) atoms. The van der Waals surface area contributed by atoms with E-state index in [9.17, 15) is 4.79 Å². The smallest absolute Gasteiger partial charge is 0.261 e. The van der Waals surface area contributed by atoms with Crippen molar-refractivity contribution in [2.75, 3.05) is 7.11 Å². The van der Waals surface area contributed by atoms with Gasteiger partial charge in [0.1, 0.15) is 22.1 Å². The maximum Gasteiger partial charge on any atom is 0.261 e. The largest absolute Gasteiger partial charge is 0.497 e. The van der Waals surface area contributed by atoms with Crippen LogP contribution in [0.2, 0.25) is 5.02 Å². The molecular formula is C22H21ClN2O2S. The SMILES string of the molecule is COc1ccc(C2=NC3(CCCCC3)N(C(=O)c3cccc(Cl)c3)C2=S)cc1. The molecule has 0 aromatic heterocycles. The molecule has 0 bridgehead atoms. The first-order chi connectivity index (χ1) is 13.5. The average Bonchev–Trinajstić information content (AvgIpc) is 2.99. The number of hydrogen-bond donors (Lipinski definition) is 0. The van der Waals surface area contributed by atoms with Gasteiger partial charge in [0.15, 0.2) is 0 Å². The van der Waals surface area contributed by atoms with Crippen molar-refractivity contribution in [3.63, 3.8) is 0 Å². The van der Waals surface area contributed by atoms with Crippen LogP contribution >= 0.6 is 23.8 Å². The van der Waals surface area contributed by atoms with E-state index in [-0.39, 0.29) is 5.91 Å².